The predicted molar refractivity (Wildman–Crippen MR) is 120 cm³/mol. The molecule has 4 aromatic rings. The molecule has 0 amide bonds. The Kier molecular flexibility index (Phi) is 5.93. The highest BCUT2D eigenvalue weighted by atomic mass is 16.6. The molecule has 0 atom stereocenters. The van der Waals surface area contributed by atoms with Gasteiger partial charge in [0.05, 0.1) is 4.92 Å². The van der Waals surface area contributed by atoms with Crippen LogP contribution in [-0.2, 0) is 19.5 Å². The molecule has 0 aliphatic rings. The van der Waals surface area contributed by atoms with Crippen molar-refractivity contribution in [1.82, 2.24) is 19.3 Å². The van der Waals surface area contributed by atoms with Crippen molar-refractivity contribution in [3.05, 3.63) is 99.6 Å². The molecule has 8 nitrogen and oxygen atoms in total. The van der Waals surface area contributed by atoms with Crippen molar-refractivity contribution in [1.29, 1.82) is 0 Å². The van der Waals surface area contributed by atoms with Crippen LogP contribution in [0.25, 0.3) is 11.4 Å². The van der Waals surface area contributed by atoms with Crippen molar-refractivity contribution in [3.63, 3.8) is 0 Å². The molecule has 162 valence electrons. The maximum Gasteiger partial charge on any atom is 0.269 e. The first-order chi connectivity index (χ1) is 15.4. The number of nitro groups is 1. The highest BCUT2D eigenvalue weighted by Gasteiger charge is 2.17. The summed E-state index contributed by atoms with van der Waals surface area (Å²) < 4.78 is 3.67. The summed E-state index contributed by atoms with van der Waals surface area (Å²) in [6.45, 7) is 4.86. The topological polar surface area (TPSA) is 95.8 Å². The lowest BCUT2D eigenvalue weighted by Gasteiger charge is -2.10. The minimum atomic E-state index is -0.454. The fourth-order valence-electron chi connectivity index (χ4n) is 3.78. The van der Waals surface area contributed by atoms with E-state index in [9.17, 15) is 14.9 Å². The lowest BCUT2D eigenvalue weighted by atomic mass is 10.1. The monoisotopic (exact) mass is 429 g/mol. The van der Waals surface area contributed by atoms with Gasteiger partial charge in [0.15, 0.2) is 11.6 Å². The van der Waals surface area contributed by atoms with Crippen LogP contribution < -0.4 is 0 Å². The van der Waals surface area contributed by atoms with E-state index >= 15 is 0 Å². The van der Waals surface area contributed by atoms with Crippen molar-refractivity contribution in [2.45, 2.75) is 33.4 Å². The number of hydrogen-bond acceptors (Lipinski definition) is 5. The van der Waals surface area contributed by atoms with Crippen molar-refractivity contribution < 1.29 is 9.72 Å². The van der Waals surface area contributed by atoms with Crippen molar-refractivity contribution in [2.24, 2.45) is 0 Å². The Hall–Kier alpha value is -4.07. The number of carbonyl (C=O) groups is 1. The number of rotatable bonds is 8. The minimum absolute atomic E-state index is 0.00554. The number of nitro benzene ring substituents is 1. The van der Waals surface area contributed by atoms with Gasteiger partial charge in [0.1, 0.15) is 12.9 Å². The summed E-state index contributed by atoms with van der Waals surface area (Å²) in [5.74, 6) is 0.380. The van der Waals surface area contributed by atoms with E-state index in [2.05, 4.69) is 26.8 Å². The highest BCUT2D eigenvalue weighted by molar-refractivity contribution is 5.97. The van der Waals surface area contributed by atoms with Gasteiger partial charge in [-0.3, -0.25) is 14.9 Å². The molecule has 0 N–H and O–H groups in total. The Labute approximate surface area is 185 Å². The fraction of sp³-hybridized carbons (Fsp3) is 0.208. The fourth-order valence-corrected chi connectivity index (χ4v) is 3.78. The highest BCUT2D eigenvalue weighted by Crippen LogP contribution is 2.20. The number of ketones is 1. The summed E-state index contributed by atoms with van der Waals surface area (Å²) in [5, 5.41) is 15.2. The minimum Gasteiger partial charge on any atom is -0.348 e. The molecule has 0 bridgehead atoms. The third-order valence-corrected chi connectivity index (χ3v) is 5.52. The molecular weight excluding hydrogens is 406 g/mol. The molecule has 2 heterocycles. The number of aryl methyl sites for hydroxylation is 2. The third-order valence-electron chi connectivity index (χ3n) is 5.52. The average Bonchev–Trinajstić information content (AvgIpc) is 3.37. The lowest BCUT2D eigenvalue weighted by Crippen LogP contribution is -2.12. The third kappa shape index (κ3) is 4.49. The maximum atomic E-state index is 13.0. The smallest absolute Gasteiger partial charge is 0.269 e. The number of hydrogen-bond donors (Lipinski definition) is 0. The van der Waals surface area contributed by atoms with Crippen LogP contribution in [0.3, 0.4) is 0 Å². The summed E-state index contributed by atoms with van der Waals surface area (Å²) in [5.41, 5.74) is 4.59. The molecule has 0 aliphatic heterocycles. The van der Waals surface area contributed by atoms with Gasteiger partial charge >= 0.3 is 0 Å². The van der Waals surface area contributed by atoms with E-state index in [1.165, 1.54) is 28.7 Å². The van der Waals surface area contributed by atoms with Gasteiger partial charge in [0.2, 0.25) is 0 Å². The van der Waals surface area contributed by atoms with Crippen LogP contribution in [0.15, 0.2) is 67.0 Å². The van der Waals surface area contributed by atoms with E-state index in [-0.39, 0.29) is 18.0 Å². The number of carbonyl (C=O) groups excluding carboxylic acids is 1. The van der Waals surface area contributed by atoms with Crippen LogP contribution in [0.5, 0.6) is 0 Å². The van der Waals surface area contributed by atoms with E-state index in [4.69, 9.17) is 0 Å². The van der Waals surface area contributed by atoms with Crippen molar-refractivity contribution in [2.75, 3.05) is 0 Å². The molecule has 0 radical (unpaired) electrons. The van der Waals surface area contributed by atoms with E-state index in [1.54, 1.807) is 12.1 Å². The van der Waals surface area contributed by atoms with Gasteiger partial charge in [-0.2, -0.15) is 5.10 Å². The van der Waals surface area contributed by atoms with Crippen LogP contribution in [-0.4, -0.2) is 30.0 Å². The zero-order valence-electron chi connectivity index (χ0n) is 17.9. The van der Waals surface area contributed by atoms with E-state index < -0.39 is 4.92 Å². The molecule has 4 rings (SSSR count). The number of benzene rings is 2. The molecule has 8 heteroatoms. The maximum absolute atomic E-state index is 13.0. The van der Waals surface area contributed by atoms with Gasteiger partial charge in [0, 0.05) is 41.2 Å². The molecule has 2 aromatic heterocycles. The standard InChI is InChI=1S/C24H23N5O3/c1-17-14-22(18(2)28(17)13-12-19-6-4-3-5-7-19)23(30)15-27-16-25-24(26-27)20-8-10-21(11-9-20)29(31)32/h3-11,14,16H,12-13,15H2,1-2H3. The number of non-ortho nitro benzene ring substituents is 1. The van der Waals surface area contributed by atoms with E-state index in [0.717, 1.165) is 24.4 Å². The molecule has 0 saturated heterocycles. The second-order valence-electron chi connectivity index (χ2n) is 7.66. The molecule has 0 saturated carbocycles. The number of aromatic nitrogens is 4. The largest absolute Gasteiger partial charge is 0.348 e. The van der Waals surface area contributed by atoms with Crippen LogP contribution in [0.2, 0.25) is 0 Å². The van der Waals surface area contributed by atoms with Gasteiger partial charge in [-0.15, -0.1) is 0 Å². The van der Waals surface area contributed by atoms with Gasteiger partial charge in [-0.25, -0.2) is 9.67 Å². The van der Waals surface area contributed by atoms with E-state index in [1.807, 2.05) is 38.1 Å². The van der Waals surface area contributed by atoms with E-state index in [0.29, 0.717) is 17.0 Å². The number of Topliss-reactive ketones (excluding diaryl/α,β-unsaturated/α-hetero) is 1. The first-order valence-corrected chi connectivity index (χ1v) is 10.3. The quantitative estimate of drug-likeness (QED) is 0.235. The Balaban J connectivity index is 1.46. The SMILES string of the molecule is Cc1cc(C(=O)Cn2cnc(-c3ccc([N+](=O)[O-])cc3)n2)c(C)n1CCc1ccccc1. The average molecular weight is 429 g/mol. The molecular formula is C24H23N5O3. The first kappa shape index (κ1) is 21.2. The summed E-state index contributed by atoms with van der Waals surface area (Å²) in [4.78, 5) is 27.6. The van der Waals surface area contributed by atoms with Gasteiger partial charge in [0.25, 0.3) is 5.69 Å². The van der Waals surface area contributed by atoms with Crippen LogP contribution in [0, 0.1) is 24.0 Å². The predicted octanol–water partition coefficient (Wildman–Crippen LogP) is 4.40. The molecule has 0 fully saturated rings. The van der Waals surface area contributed by atoms with Crippen molar-refractivity contribution in [3.8, 4) is 11.4 Å². The van der Waals surface area contributed by atoms with Crippen LogP contribution in [0.1, 0.15) is 27.3 Å². The first-order valence-electron chi connectivity index (χ1n) is 10.3. The summed E-state index contributed by atoms with van der Waals surface area (Å²) in [6.07, 6.45) is 2.40. The lowest BCUT2D eigenvalue weighted by molar-refractivity contribution is -0.384. The molecule has 2 aromatic carbocycles. The molecule has 0 aliphatic carbocycles. The Morgan fingerprint density at radius 2 is 1.78 bits per heavy atom. The van der Waals surface area contributed by atoms with Gasteiger partial charge in [-0.1, -0.05) is 30.3 Å². The Bertz CT molecular complexity index is 1260. The zero-order chi connectivity index (χ0) is 22.7. The van der Waals surface area contributed by atoms with Gasteiger partial charge in [-0.05, 0) is 44.0 Å². The van der Waals surface area contributed by atoms with Crippen LogP contribution in [0.4, 0.5) is 5.69 Å². The normalized spacial score (nSPS) is 10.9. The molecule has 32 heavy (non-hydrogen) atoms. The zero-order valence-corrected chi connectivity index (χ0v) is 17.9. The Morgan fingerprint density at radius 3 is 2.47 bits per heavy atom. The summed E-state index contributed by atoms with van der Waals surface area (Å²) in [6, 6.07) is 18.2. The summed E-state index contributed by atoms with van der Waals surface area (Å²) >= 11 is 0. The molecule has 0 spiro atoms. The molecule has 0 unspecified atom stereocenters. The second kappa shape index (κ2) is 8.97. The second-order valence-corrected chi connectivity index (χ2v) is 7.66. The number of nitrogens with zero attached hydrogens (tertiary/aromatic N) is 5. The van der Waals surface area contributed by atoms with Gasteiger partial charge < -0.3 is 4.57 Å². The Morgan fingerprint density at radius 1 is 1.06 bits per heavy atom. The summed E-state index contributed by atoms with van der Waals surface area (Å²) in [7, 11) is 0. The van der Waals surface area contributed by atoms with Crippen LogP contribution >= 0.6 is 0 Å². The van der Waals surface area contributed by atoms with Crippen molar-refractivity contribution >= 4 is 11.5 Å².